The third-order valence-corrected chi connectivity index (χ3v) is 6.02. The summed E-state index contributed by atoms with van der Waals surface area (Å²) in [4.78, 5) is 21.7. The number of amides is 1. The van der Waals surface area contributed by atoms with Gasteiger partial charge in [0.1, 0.15) is 4.83 Å². The van der Waals surface area contributed by atoms with Crippen LogP contribution in [0.5, 0.6) is 0 Å². The first-order valence-corrected chi connectivity index (χ1v) is 9.08. The van der Waals surface area contributed by atoms with Gasteiger partial charge in [-0.3, -0.25) is 4.79 Å². The minimum absolute atomic E-state index is 0.102. The molecule has 0 N–H and O–H groups in total. The van der Waals surface area contributed by atoms with Gasteiger partial charge < -0.3 is 4.90 Å². The van der Waals surface area contributed by atoms with Crippen LogP contribution in [0.15, 0.2) is 30.3 Å². The molecule has 0 saturated heterocycles. The van der Waals surface area contributed by atoms with E-state index in [0.717, 1.165) is 38.5 Å². The Balaban J connectivity index is 1.85. The Morgan fingerprint density at radius 2 is 2.00 bits per heavy atom. The van der Waals surface area contributed by atoms with Crippen molar-refractivity contribution in [3.05, 3.63) is 57.6 Å². The summed E-state index contributed by atoms with van der Waals surface area (Å²) in [5.41, 5.74) is 5.55. The van der Waals surface area contributed by atoms with Crippen LogP contribution in [0, 0.1) is 20.8 Å². The van der Waals surface area contributed by atoms with Crippen LogP contribution >= 0.6 is 11.3 Å². The van der Waals surface area contributed by atoms with Crippen LogP contribution in [-0.4, -0.2) is 16.9 Å². The number of nitrogens with zero attached hydrogens (tertiary/aromatic N) is 2. The lowest BCUT2D eigenvalue weighted by Gasteiger charge is -2.22. The minimum Gasteiger partial charge on any atom is -0.304 e. The summed E-state index contributed by atoms with van der Waals surface area (Å²) in [7, 11) is 0. The Morgan fingerprint density at radius 1 is 1.25 bits per heavy atom. The number of rotatable bonds is 1. The van der Waals surface area contributed by atoms with Crippen molar-refractivity contribution in [1.29, 1.82) is 0 Å². The fourth-order valence-corrected chi connectivity index (χ4v) is 5.05. The Kier molecular flexibility index (Phi) is 3.46. The Morgan fingerprint density at radius 3 is 2.79 bits per heavy atom. The van der Waals surface area contributed by atoms with Gasteiger partial charge in [-0.2, -0.15) is 0 Å². The number of fused-ring (bicyclic) bond motifs is 2. The molecule has 2 aromatic heterocycles. The SMILES string of the molecule is Cc1cc(C)c2c(C)c(C(=O)N3c4ccccc4C[C@@H]3C)sc2n1. The van der Waals surface area contributed by atoms with E-state index in [4.69, 9.17) is 0 Å². The van der Waals surface area contributed by atoms with E-state index in [1.165, 1.54) is 22.5 Å². The van der Waals surface area contributed by atoms with Gasteiger partial charge in [-0.15, -0.1) is 11.3 Å². The van der Waals surface area contributed by atoms with E-state index in [0.29, 0.717) is 0 Å². The van der Waals surface area contributed by atoms with E-state index in [1.807, 2.05) is 36.9 Å². The predicted octanol–water partition coefficient (Wildman–Crippen LogP) is 4.81. The van der Waals surface area contributed by atoms with Gasteiger partial charge in [-0.25, -0.2) is 4.98 Å². The van der Waals surface area contributed by atoms with Crippen LogP contribution in [0.2, 0.25) is 0 Å². The van der Waals surface area contributed by atoms with Crippen molar-refractivity contribution in [1.82, 2.24) is 4.98 Å². The summed E-state index contributed by atoms with van der Waals surface area (Å²) < 4.78 is 0. The highest BCUT2D eigenvalue weighted by Gasteiger charge is 2.33. The zero-order chi connectivity index (χ0) is 17.0. The molecule has 1 aromatic carbocycles. The van der Waals surface area contributed by atoms with Crippen LogP contribution in [-0.2, 0) is 6.42 Å². The van der Waals surface area contributed by atoms with Crippen molar-refractivity contribution in [2.24, 2.45) is 0 Å². The second-order valence-corrected chi connectivity index (χ2v) is 7.67. The second-order valence-electron chi connectivity index (χ2n) is 6.67. The number of benzene rings is 1. The maximum atomic E-state index is 13.3. The average Bonchev–Trinajstić information content (AvgIpc) is 3.03. The van der Waals surface area contributed by atoms with E-state index in [1.54, 1.807) is 0 Å². The first-order chi connectivity index (χ1) is 11.5. The lowest BCUT2D eigenvalue weighted by atomic mass is 10.1. The summed E-state index contributed by atoms with van der Waals surface area (Å²) in [6, 6.07) is 10.5. The summed E-state index contributed by atoms with van der Waals surface area (Å²) in [5, 5.41) is 1.13. The quantitative estimate of drug-likeness (QED) is 0.639. The second kappa shape index (κ2) is 5.42. The Bertz CT molecular complexity index is 973. The maximum absolute atomic E-state index is 13.3. The van der Waals surface area contributed by atoms with E-state index < -0.39 is 0 Å². The van der Waals surface area contributed by atoms with Crippen LogP contribution in [0.4, 0.5) is 5.69 Å². The molecule has 0 aliphatic carbocycles. The predicted molar refractivity (Wildman–Crippen MR) is 100 cm³/mol. The molecule has 1 amide bonds. The van der Waals surface area contributed by atoms with Crippen molar-refractivity contribution in [3.63, 3.8) is 0 Å². The van der Waals surface area contributed by atoms with Crippen molar-refractivity contribution >= 4 is 33.1 Å². The number of para-hydroxylation sites is 1. The molecule has 0 saturated carbocycles. The fourth-order valence-electron chi connectivity index (χ4n) is 3.81. The van der Waals surface area contributed by atoms with Gasteiger partial charge in [0.15, 0.2) is 0 Å². The van der Waals surface area contributed by atoms with Gasteiger partial charge in [0.2, 0.25) is 0 Å². The molecule has 4 rings (SSSR count). The third-order valence-electron chi connectivity index (χ3n) is 4.85. The van der Waals surface area contributed by atoms with Gasteiger partial charge in [-0.1, -0.05) is 18.2 Å². The molecule has 122 valence electrons. The summed E-state index contributed by atoms with van der Waals surface area (Å²) in [6.07, 6.45) is 0.919. The van der Waals surface area contributed by atoms with Crippen molar-refractivity contribution in [2.45, 2.75) is 40.2 Å². The number of hydrogen-bond donors (Lipinski definition) is 0. The van der Waals surface area contributed by atoms with E-state index >= 15 is 0 Å². The zero-order valence-electron chi connectivity index (χ0n) is 14.4. The van der Waals surface area contributed by atoms with Gasteiger partial charge >= 0.3 is 0 Å². The number of aryl methyl sites for hydroxylation is 3. The van der Waals surface area contributed by atoms with E-state index in [-0.39, 0.29) is 11.9 Å². The van der Waals surface area contributed by atoms with Gasteiger partial charge in [0, 0.05) is 22.8 Å². The number of carbonyl (C=O) groups is 1. The largest absolute Gasteiger partial charge is 0.304 e. The van der Waals surface area contributed by atoms with Gasteiger partial charge in [-0.05, 0) is 62.9 Å². The highest BCUT2D eigenvalue weighted by atomic mass is 32.1. The van der Waals surface area contributed by atoms with Crippen LogP contribution < -0.4 is 4.90 Å². The fraction of sp³-hybridized carbons (Fsp3) is 0.300. The number of carbonyl (C=O) groups excluding carboxylic acids is 1. The molecule has 0 fully saturated rings. The number of pyridine rings is 1. The van der Waals surface area contributed by atoms with Crippen LogP contribution in [0.1, 0.15) is 39.0 Å². The Labute approximate surface area is 146 Å². The number of anilines is 1. The normalized spacial score (nSPS) is 16.7. The zero-order valence-corrected chi connectivity index (χ0v) is 15.2. The standard InChI is InChI=1S/C20H20N2OS/c1-11-9-12(2)21-19-17(11)14(4)18(24-19)20(23)22-13(3)10-15-7-5-6-8-16(15)22/h5-9,13H,10H2,1-4H3/t13-/m0/s1. The topological polar surface area (TPSA) is 33.2 Å². The molecular formula is C20H20N2OS. The molecule has 0 radical (unpaired) electrons. The number of thiophene rings is 1. The molecular weight excluding hydrogens is 316 g/mol. The monoisotopic (exact) mass is 336 g/mol. The summed E-state index contributed by atoms with van der Waals surface area (Å²) >= 11 is 1.52. The summed E-state index contributed by atoms with van der Waals surface area (Å²) in [5.74, 6) is 0.102. The molecule has 1 atom stereocenters. The first-order valence-electron chi connectivity index (χ1n) is 8.26. The molecule has 3 heterocycles. The Hall–Kier alpha value is -2.20. The van der Waals surface area contributed by atoms with Gasteiger partial charge in [0.25, 0.3) is 5.91 Å². The third kappa shape index (κ3) is 2.17. The molecule has 1 aliphatic rings. The van der Waals surface area contributed by atoms with Crippen molar-refractivity contribution in [3.8, 4) is 0 Å². The van der Waals surface area contributed by atoms with Crippen molar-refractivity contribution < 1.29 is 4.79 Å². The average molecular weight is 336 g/mol. The number of hydrogen-bond acceptors (Lipinski definition) is 3. The first kappa shape index (κ1) is 15.3. The van der Waals surface area contributed by atoms with Crippen molar-refractivity contribution in [2.75, 3.05) is 4.90 Å². The lowest BCUT2D eigenvalue weighted by molar-refractivity contribution is 0.0985. The van der Waals surface area contributed by atoms with E-state index in [9.17, 15) is 4.79 Å². The lowest BCUT2D eigenvalue weighted by Crippen LogP contribution is -2.35. The molecule has 0 unspecified atom stereocenters. The molecule has 3 nitrogen and oxygen atoms in total. The molecule has 24 heavy (non-hydrogen) atoms. The molecule has 0 spiro atoms. The molecule has 0 bridgehead atoms. The highest BCUT2D eigenvalue weighted by Crippen LogP contribution is 2.37. The number of aromatic nitrogens is 1. The van der Waals surface area contributed by atoms with Crippen LogP contribution in [0.3, 0.4) is 0 Å². The summed E-state index contributed by atoms with van der Waals surface area (Å²) in [6.45, 7) is 8.26. The van der Waals surface area contributed by atoms with Gasteiger partial charge in [0.05, 0.1) is 4.88 Å². The van der Waals surface area contributed by atoms with E-state index in [2.05, 4.69) is 31.0 Å². The molecule has 3 aromatic rings. The molecule has 1 aliphatic heterocycles. The molecule has 4 heteroatoms. The van der Waals surface area contributed by atoms with Crippen LogP contribution in [0.25, 0.3) is 10.2 Å². The maximum Gasteiger partial charge on any atom is 0.268 e. The minimum atomic E-state index is 0.102. The highest BCUT2D eigenvalue weighted by molar-refractivity contribution is 7.20. The smallest absolute Gasteiger partial charge is 0.268 e.